The van der Waals surface area contributed by atoms with Crippen molar-refractivity contribution in [1.29, 1.82) is 0 Å². The summed E-state index contributed by atoms with van der Waals surface area (Å²) in [5.41, 5.74) is 2.34. The molecule has 0 aromatic heterocycles. The van der Waals surface area contributed by atoms with Crippen molar-refractivity contribution < 1.29 is 9.50 Å². The first kappa shape index (κ1) is 14.3. The van der Waals surface area contributed by atoms with E-state index < -0.39 is 6.10 Å². The van der Waals surface area contributed by atoms with Gasteiger partial charge in [0.15, 0.2) is 0 Å². The first-order chi connectivity index (χ1) is 8.90. The van der Waals surface area contributed by atoms with Gasteiger partial charge in [-0.25, -0.2) is 4.39 Å². The average molecular weight is 265 g/mol. The summed E-state index contributed by atoms with van der Waals surface area (Å²) >= 11 is 0. The SMILES string of the molecule is Cc1cc(N2CCC(C)CC2C)c([C@H](C)O)cc1F. The van der Waals surface area contributed by atoms with Crippen LogP contribution in [0.2, 0.25) is 0 Å². The predicted octanol–water partition coefficient (Wildman–Crippen LogP) is 3.81. The first-order valence-corrected chi connectivity index (χ1v) is 7.15. The lowest BCUT2D eigenvalue weighted by Gasteiger charge is -2.39. The van der Waals surface area contributed by atoms with E-state index in [2.05, 4.69) is 18.7 Å². The molecule has 0 spiro atoms. The number of anilines is 1. The Labute approximate surface area is 115 Å². The molecule has 0 radical (unpaired) electrons. The van der Waals surface area contributed by atoms with Crippen molar-refractivity contribution in [1.82, 2.24) is 0 Å². The smallest absolute Gasteiger partial charge is 0.126 e. The molecule has 1 N–H and O–H groups in total. The Bertz CT molecular complexity index is 458. The molecule has 3 heteroatoms. The Morgan fingerprint density at radius 2 is 2.05 bits per heavy atom. The highest BCUT2D eigenvalue weighted by molar-refractivity contribution is 5.57. The van der Waals surface area contributed by atoms with Gasteiger partial charge in [0.1, 0.15) is 5.82 Å². The van der Waals surface area contributed by atoms with Gasteiger partial charge in [-0.1, -0.05) is 6.92 Å². The zero-order valence-corrected chi connectivity index (χ0v) is 12.3. The van der Waals surface area contributed by atoms with Crippen LogP contribution in [0, 0.1) is 18.7 Å². The first-order valence-electron chi connectivity index (χ1n) is 7.15. The molecule has 0 amide bonds. The van der Waals surface area contributed by atoms with Crippen molar-refractivity contribution in [3.8, 4) is 0 Å². The molecule has 1 aromatic rings. The Morgan fingerprint density at radius 1 is 1.37 bits per heavy atom. The molecule has 1 aliphatic heterocycles. The highest BCUT2D eigenvalue weighted by Gasteiger charge is 2.26. The molecule has 106 valence electrons. The molecule has 1 aromatic carbocycles. The lowest BCUT2D eigenvalue weighted by Crippen LogP contribution is -2.41. The molecule has 0 aliphatic carbocycles. The van der Waals surface area contributed by atoms with Crippen LogP contribution in [0.1, 0.15) is 50.8 Å². The van der Waals surface area contributed by atoms with Gasteiger partial charge in [-0.15, -0.1) is 0 Å². The van der Waals surface area contributed by atoms with Gasteiger partial charge in [0, 0.05) is 23.8 Å². The molecular formula is C16H24FNO. The molecule has 19 heavy (non-hydrogen) atoms. The largest absolute Gasteiger partial charge is 0.389 e. The summed E-state index contributed by atoms with van der Waals surface area (Å²) < 4.78 is 13.7. The third kappa shape index (κ3) is 2.92. The normalized spacial score (nSPS) is 25.5. The van der Waals surface area contributed by atoms with Gasteiger partial charge >= 0.3 is 0 Å². The highest BCUT2D eigenvalue weighted by atomic mass is 19.1. The van der Waals surface area contributed by atoms with Crippen molar-refractivity contribution in [3.05, 3.63) is 29.1 Å². The van der Waals surface area contributed by atoms with Gasteiger partial charge in [0.2, 0.25) is 0 Å². The van der Waals surface area contributed by atoms with Crippen molar-refractivity contribution >= 4 is 5.69 Å². The molecule has 0 bridgehead atoms. The summed E-state index contributed by atoms with van der Waals surface area (Å²) in [6.07, 6.45) is 1.66. The summed E-state index contributed by atoms with van der Waals surface area (Å²) in [5, 5.41) is 9.90. The van der Waals surface area contributed by atoms with Gasteiger partial charge in [-0.3, -0.25) is 0 Å². The summed E-state index contributed by atoms with van der Waals surface area (Å²) in [6.45, 7) is 8.94. The van der Waals surface area contributed by atoms with Crippen LogP contribution in [0.25, 0.3) is 0 Å². The fourth-order valence-corrected chi connectivity index (χ4v) is 3.03. The van der Waals surface area contributed by atoms with Gasteiger partial charge in [0.05, 0.1) is 6.10 Å². The molecule has 0 saturated carbocycles. The molecule has 1 fully saturated rings. The maximum absolute atomic E-state index is 13.7. The summed E-state index contributed by atoms with van der Waals surface area (Å²) in [6, 6.07) is 3.80. The fraction of sp³-hybridized carbons (Fsp3) is 0.625. The van der Waals surface area contributed by atoms with E-state index in [1.807, 2.05) is 6.07 Å². The summed E-state index contributed by atoms with van der Waals surface area (Å²) in [7, 11) is 0. The van der Waals surface area contributed by atoms with E-state index in [4.69, 9.17) is 0 Å². The molecule has 2 nitrogen and oxygen atoms in total. The minimum Gasteiger partial charge on any atom is -0.389 e. The van der Waals surface area contributed by atoms with E-state index in [1.165, 1.54) is 6.07 Å². The number of hydrogen-bond acceptors (Lipinski definition) is 2. The van der Waals surface area contributed by atoms with Crippen LogP contribution in [-0.4, -0.2) is 17.7 Å². The maximum atomic E-state index is 13.7. The molecule has 1 aliphatic rings. The number of nitrogens with zero attached hydrogens (tertiary/aromatic N) is 1. The minimum atomic E-state index is -0.642. The van der Waals surface area contributed by atoms with Crippen LogP contribution in [0.5, 0.6) is 0 Å². The number of aliphatic hydroxyl groups is 1. The minimum absolute atomic E-state index is 0.238. The second kappa shape index (κ2) is 5.49. The number of aliphatic hydroxyl groups excluding tert-OH is 1. The predicted molar refractivity (Wildman–Crippen MR) is 77.0 cm³/mol. The zero-order valence-electron chi connectivity index (χ0n) is 12.3. The topological polar surface area (TPSA) is 23.5 Å². The van der Waals surface area contributed by atoms with Gasteiger partial charge in [-0.2, -0.15) is 0 Å². The van der Waals surface area contributed by atoms with Crippen LogP contribution >= 0.6 is 0 Å². The van der Waals surface area contributed by atoms with Crippen LogP contribution in [0.15, 0.2) is 12.1 Å². The van der Waals surface area contributed by atoms with E-state index in [-0.39, 0.29) is 5.82 Å². The molecular weight excluding hydrogens is 241 g/mol. The lowest BCUT2D eigenvalue weighted by molar-refractivity contribution is 0.198. The standard InChI is InChI=1S/C16H24FNO/c1-10-5-6-18(12(3)7-10)16-8-11(2)15(17)9-14(16)13(4)19/h8-10,12-13,19H,5-7H2,1-4H3/t10?,12?,13-/m0/s1. The molecule has 2 unspecified atom stereocenters. The number of benzene rings is 1. The van der Waals surface area contributed by atoms with Crippen LogP contribution in [-0.2, 0) is 0 Å². The Morgan fingerprint density at radius 3 is 2.63 bits per heavy atom. The summed E-state index contributed by atoms with van der Waals surface area (Å²) in [4.78, 5) is 2.31. The van der Waals surface area contributed by atoms with E-state index >= 15 is 0 Å². The third-order valence-corrected chi connectivity index (χ3v) is 4.21. The average Bonchev–Trinajstić information content (AvgIpc) is 2.32. The summed E-state index contributed by atoms with van der Waals surface area (Å²) in [5.74, 6) is 0.500. The van der Waals surface area contributed by atoms with Gasteiger partial charge in [-0.05, 0) is 57.2 Å². The van der Waals surface area contributed by atoms with Crippen LogP contribution in [0.3, 0.4) is 0 Å². The van der Waals surface area contributed by atoms with Crippen LogP contribution in [0.4, 0.5) is 10.1 Å². The third-order valence-electron chi connectivity index (χ3n) is 4.21. The van der Waals surface area contributed by atoms with E-state index in [0.717, 1.165) is 31.0 Å². The number of aryl methyl sites for hydroxylation is 1. The number of rotatable bonds is 2. The lowest BCUT2D eigenvalue weighted by atomic mass is 9.91. The molecule has 1 heterocycles. The number of halogens is 1. The van der Waals surface area contributed by atoms with E-state index in [9.17, 15) is 9.50 Å². The van der Waals surface area contributed by atoms with E-state index in [0.29, 0.717) is 17.2 Å². The van der Waals surface area contributed by atoms with Gasteiger partial charge < -0.3 is 10.0 Å². The molecule has 3 atom stereocenters. The number of piperidine rings is 1. The molecule has 1 saturated heterocycles. The van der Waals surface area contributed by atoms with Crippen molar-refractivity contribution in [2.75, 3.05) is 11.4 Å². The molecule has 2 rings (SSSR count). The Hall–Kier alpha value is -1.09. The highest BCUT2D eigenvalue weighted by Crippen LogP contribution is 2.34. The van der Waals surface area contributed by atoms with Crippen molar-refractivity contribution in [2.45, 2.75) is 52.7 Å². The fourth-order valence-electron chi connectivity index (χ4n) is 3.03. The Balaban J connectivity index is 2.40. The quantitative estimate of drug-likeness (QED) is 0.879. The number of hydrogen-bond donors (Lipinski definition) is 1. The van der Waals surface area contributed by atoms with Crippen molar-refractivity contribution in [2.24, 2.45) is 5.92 Å². The van der Waals surface area contributed by atoms with Crippen molar-refractivity contribution in [3.63, 3.8) is 0 Å². The second-order valence-corrected chi connectivity index (χ2v) is 6.01. The monoisotopic (exact) mass is 265 g/mol. The Kier molecular flexibility index (Phi) is 4.14. The maximum Gasteiger partial charge on any atom is 0.126 e. The zero-order chi connectivity index (χ0) is 14.2. The van der Waals surface area contributed by atoms with E-state index in [1.54, 1.807) is 13.8 Å². The second-order valence-electron chi connectivity index (χ2n) is 6.01. The van der Waals surface area contributed by atoms with Gasteiger partial charge in [0.25, 0.3) is 0 Å². The van der Waals surface area contributed by atoms with Crippen LogP contribution < -0.4 is 4.90 Å².